The summed E-state index contributed by atoms with van der Waals surface area (Å²) in [6.45, 7) is 9.47. The van der Waals surface area contributed by atoms with E-state index in [2.05, 4.69) is 19.2 Å². The van der Waals surface area contributed by atoms with Crippen molar-refractivity contribution in [1.82, 2.24) is 0 Å². The molecule has 0 fully saturated rings. The molecule has 0 nitrogen and oxygen atoms in total. The van der Waals surface area contributed by atoms with Crippen molar-refractivity contribution in [2.75, 3.05) is 0 Å². The Morgan fingerprint density at radius 1 is 1.33 bits per heavy atom. The zero-order valence-electron chi connectivity index (χ0n) is 7.92. The molecule has 0 aromatic rings. The molecule has 0 spiro atoms. The van der Waals surface area contributed by atoms with E-state index in [4.69, 9.17) is 0 Å². The van der Waals surface area contributed by atoms with E-state index in [1.54, 1.807) is 0 Å². The Kier molecular flexibility index (Phi) is 7.36. The normalized spacial score (nSPS) is 11.9. The van der Waals surface area contributed by atoms with Gasteiger partial charge in [-0.2, -0.15) is 0 Å². The zero-order chi connectivity index (χ0) is 9.23. The van der Waals surface area contributed by atoms with E-state index in [0.29, 0.717) is 0 Å². The third-order valence-electron chi connectivity index (χ3n) is 1.64. The maximum atomic E-state index is 3.76. The molecule has 0 saturated carbocycles. The van der Waals surface area contributed by atoms with E-state index in [1.807, 2.05) is 31.2 Å². The largest absolute Gasteiger partial charge is 0.103 e. The van der Waals surface area contributed by atoms with Gasteiger partial charge in [-0.15, -0.1) is 6.58 Å². The fraction of sp³-hybridized carbons (Fsp3) is 0.333. The average Bonchev–Trinajstić information content (AvgIpc) is 2.11. The van der Waals surface area contributed by atoms with Crippen LogP contribution in [0.4, 0.5) is 0 Å². The molecule has 0 unspecified atom stereocenters. The Hall–Kier alpha value is -1.04. The lowest BCUT2D eigenvalue weighted by molar-refractivity contribution is 0.848. The highest BCUT2D eigenvalue weighted by Gasteiger charge is 1.88. The SMILES string of the molecule is C=CCCC/C(C=C)=C/C=C\C. The summed E-state index contributed by atoms with van der Waals surface area (Å²) in [5, 5.41) is 0. The lowest BCUT2D eigenvalue weighted by atomic mass is 10.1. The minimum absolute atomic E-state index is 1.08. The molecule has 0 rings (SSSR count). The maximum Gasteiger partial charge on any atom is -0.0276 e. The lowest BCUT2D eigenvalue weighted by Crippen LogP contribution is -1.77. The summed E-state index contributed by atoms with van der Waals surface area (Å²) in [5.41, 5.74) is 1.30. The maximum absolute atomic E-state index is 3.76. The second-order valence-electron chi connectivity index (χ2n) is 2.65. The molecule has 0 radical (unpaired) electrons. The van der Waals surface area contributed by atoms with Gasteiger partial charge in [0.1, 0.15) is 0 Å². The van der Waals surface area contributed by atoms with E-state index < -0.39 is 0 Å². The molecule has 0 atom stereocenters. The van der Waals surface area contributed by atoms with Crippen molar-refractivity contribution in [3.05, 3.63) is 49.1 Å². The third kappa shape index (κ3) is 5.72. The second-order valence-corrected chi connectivity index (χ2v) is 2.65. The first kappa shape index (κ1) is 11.0. The summed E-state index contributed by atoms with van der Waals surface area (Å²) >= 11 is 0. The standard InChI is InChI=1S/C12H18/c1-4-7-9-11-12(6-3)10-8-5-2/h4-6,8,10H,1,3,7,9,11H2,2H3/b8-5-,12-10+. The average molecular weight is 162 g/mol. The van der Waals surface area contributed by atoms with Crippen molar-refractivity contribution < 1.29 is 0 Å². The molecule has 0 N–H and O–H groups in total. The molecule has 0 aromatic heterocycles. The van der Waals surface area contributed by atoms with E-state index in [0.717, 1.165) is 12.8 Å². The zero-order valence-corrected chi connectivity index (χ0v) is 7.92. The molecule has 0 aromatic carbocycles. The number of rotatable bonds is 6. The third-order valence-corrected chi connectivity index (χ3v) is 1.64. The summed E-state index contributed by atoms with van der Waals surface area (Å²) in [6.07, 6.45) is 13.4. The van der Waals surface area contributed by atoms with Crippen LogP contribution >= 0.6 is 0 Å². The Morgan fingerprint density at radius 3 is 2.58 bits per heavy atom. The molecule has 12 heavy (non-hydrogen) atoms. The fourth-order valence-corrected chi connectivity index (χ4v) is 0.924. The molecule has 0 heteroatoms. The Balaban J connectivity index is 3.81. The summed E-state index contributed by atoms with van der Waals surface area (Å²) in [6, 6.07) is 0. The van der Waals surface area contributed by atoms with Crippen LogP contribution in [0.5, 0.6) is 0 Å². The van der Waals surface area contributed by atoms with Crippen LogP contribution in [-0.2, 0) is 0 Å². The summed E-state index contributed by atoms with van der Waals surface area (Å²) < 4.78 is 0. The molecule has 0 bridgehead atoms. The van der Waals surface area contributed by atoms with Gasteiger partial charge in [0.15, 0.2) is 0 Å². The summed E-state index contributed by atoms with van der Waals surface area (Å²) in [7, 11) is 0. The van der Waals surface area contributed by atoms with E-state index in [-0.39, 0.29) is 0 Å². The van der Waals surface area contributed by atoms with Crippen molar-refractivity contribution in [2.45, 2.75) is 26.2 Å². The monoisotopic (exact) mass is 162 g/mol. The topological polar surface area (TPSA) is 0 Å². The van der Waals surface area contributed by atoms with Gasteiger partial charge in [0.25, 0.3) is 0 Å². The molecule has 0 heterocycles. The van der Waals surface area contributed by atoms with Crippen molar-refractivity contribution >= 4 is 0 Å². The predicted molar refractivity (Wildman–Crippen MR) is 57.1 cm³/mol. The highest BCUT2D eigenvalue weighted by atomic mass is 13.9. The predicted octanol–water partition coefficient (Wildman–Crippen LogP) is 4.03. The smallest absolute Gasteiger partial charge is 0.0276 e. The quantitative estimate of drug-likeness (QED) is 0.314. The molecule has 66 valence electrons. The fourth-order valence-electron chi connectivity index (χ4n) is 0.924. The molecule has 0 aliphatic carbocycles. The number of unbranched alkanes of at least 4 members (excludes halogenated alkanes) is 1. The Labute approximate surface area is 76.0 Å². The highest BCUT2D eigenvalue weighted by Crippen LogP contribution is 2.08. The second kappa shape index (κ2) is 8.06. The minimum atomic E-state index is 1.08. The number of hydrogen-bond donors (Lipinski definition) is 0. The molecule has 0 aliphatic rings. The van der Waals surface area contributed by atoms with Gasteiger partial charge >= 0.3 is 0 Å². The van der Waals surface area contributed by atoms with Crippen LogP contribution in [-0.4, -0.2) is 0 Å². The van der Waals surface area contributed by atoms with Crippen LogP contribution in [0.1, 0.15) is 26.2 Å². The molecule has 0 aliphatic heterocycles. The lowest BCUT2D eigenvalue weighted by Gasteiger charge is -1.97. The van der Waals surface area contributed by atoms with E-state index in [1.165, 1.54) is 12.0 Å². The van der Waals surface area contributed by atoms with E-state index in [9.17, 15) is 0 Å². The van der Waals surface area contributed by atoms with Crippen LogP contribution in [0.25, 0.3) is 0 Å². The van der Waals surface area contributed by atoms with Gasteiger partial charge in [-0.25, -0.2) is 0 Å². The van der Waals surface area contributed by atoms with Gasteiger partial charge < -0.3 is 0 Å². The first-order valence-corrected chi connectivity index (χ1v) is 4.40. The number of hydrogen-bond acceptors (Lipinski definition) is 0. The molecule has 0 amide bonds. The first-order valence-electron chi connectivity index (χ1n) is 4.40. The Morgan fingerprint density at radius 2 is 2.08 bits per heavy atom. The molecule has 0 saturated heterocycles. The number of allylic oxidation sites excluding steroid dienone is 6. The van der Waals surface area contributed by atoms with Gasteiger partial charge in [0.05, 0.1) is 0 Å². The van der Waals surface area contributed by atoms with Crippen molar-refractivity contribution in [2.24, 2.45) is 0 Å². The van der Waals surface area contributed by atoms with E-state index >= 15 is 0 Å². The minimum Gasteiger partial charge on any atom is -0.103 e. The van der Waals surface area contributed by atoms with Crippen LogP contribution in [0, 0.1) is 0 Å². The first-order chi connectivity index (χ1) is 5.85. The van der Waals surface area contributed by atoms with Crippen LogP contribution in [0.15, 0.2) is 49.1 Å². The molecular weight excluding hydrogens is 144 g/mol. The van der Waals surface area contributed by atoms with Crippen LogP contribution in [0.3, 0.4) is 0 Å². The van der Waals surface area contributed by atoms with Gasteiger partial charge in [0.2, 0.25) is 0 Å². The highest BCUT2D eigenvalue weighted by molar-refractivity contribution is 5.21. The Bertz CT molecular complexity index is 182. The van der Waals surface area contributed by atoms with Crippen LogP contribution in [0.2, 0.25) is 0 Å². The van der Waals surface area contributed by atoms with Crippen molar-refractivity contribution in [3.8, 4) is 0 Å². The summed E-state index contributed by atoms with van der Waals surface area (Å²) in [4.78, 5) is 0. The van der Waals surface area contributed by atoms with Gasteiger partial charge in [-0.3, -0.25) is 0 Å². The van der Waals surface area contributed by atoms with Crippen LogP contribution < -0.4 is 0 Å². The molecular formula is C12H18. The van der Waals surface area contributed by atoms with Gasteiger partial charge in [-0.1, -0.05) is 37.0 Å². The van der Waals surface area contributed by atoms with Gasteiger partial charge in [0, 0.05) is 0 Å². The van der Waals surface area contributed by atoms with Crippen molar-refractivity contribution in [1.29, 1.82) is 0 Å². The van der Waals surface area contributed by atoms with Gasteiger partial charge in [-0.05, 0) is 31.8 Å². The summed E-state index contributed by atoms with van der Waals surface area (Å²) in [5.74, 6) is 0. The van der Waals surface area contributed by atoms with Crippen molar-refractivity contribution in [3.63, 3.8) is 0 Å².